The maximum Gasteiger partial charge on any atom is 0.407 e. The van der Waals surface area contributed by atoms with Gasteiger partial charge in [0.25, 0.3) is 0 Å². The summed E-state index contributed by atoms with van der Waals surface area (Å²) in [6, 6.07) is 22.4. The lowest BCUT2D eigenvalue weighted by atomic mass is 9.88. The Bertz CT molecular complexity index is 1440. The maximum atomic E-state index is 13.9. The molecule has 10 nitrogen and oxygen atoms in total. The van der Waals surface area contributed by atoms with Crippen LogP contribution in [-0.4, -0.2) is 63.7 Å². The van der Waals surface area contributed by atoms with Crippen LogP contribution < -0.4 is 15.4 Å². The number of hydrogen-bond donors (Lipinski definition) is 5. The van der Waals surface area contributed by atoms with Gasteiger partial charge in [0.2, 0.25) is 5.91 Å². The molecular weight excluding hydrogens is 576 g/mol. The standard InChI is InChI=1S/C35H42N2O8/c1-35(2,3)45-34(43)36-28(18-22-9-5-4-6-10-22)29(38)20-25(17-23-13-15-26(16-14-23)44-21-31(40)41)33(42)37-32-27-12-8-7-11-24(27)19-30(32)39/h4-16,25,28-30,32,38-39H,17-21H2,1-3H3,(H,36,43)(H,37,42)(H,40,41)/t25?,28-,29-,30+,32?/m0/s1. The zero-order valence-corrected chi connectivity index (χ0v) is 25.8. The van der Waals surface area contributed by atoms with E-state index in [-0.39, 0.29) is 18.7 Å². The van der Waals surface area contributed by atoms with E-state index in [0.717, 1.165) is 22.3 Å². The molecule has 0 aliphatic heterocycles. The second-order valence-electron chi connectivity index (χ2n) is 12.4. The predicted molar refractivity (Wildman–Crippen MR) is 168 cm³/mol. The van der Waals surface area contributed by atoms with Crippen molar-refractivity contribution in [1.82, 2.24) is 10.6 Å². The molecule has 4 rings (SSSR count). The molecule has 0 fully saturated rings. The van der Waals surface area contributed by atoms with Crippen molar-refractivity contribution in [3.05, 3.63) is 101 Å². The van der Waals surface area contributed by atoms with Crippen LogP contribution in [0, 0.1) is 5.92 Å². The number of aliphatic hydroxyl groups is 2. The molecule has 0 saturated carbocycles. The quantitative estimate of drug-likeness (QED) is 0.193. The number of carbonyl (C=O) groups excluding carboxylic acids is 2. The number of aliphatic carboxylic acids is 1. The highest BCUT2D eigenvalue weighted by atomic mass is 16.6. The highest BCUT2D eigenvalue weighted by molar-refractivity contribution is 5.80. The summed E-state index contributed by atoms with van der Waals surface area (Å²) < 4.78 is 10.7. The third kappa shape index (κ3) is 10.1. The third-order valence-corrected chi connectivity index (χ3v) is 7.63. The second-order valence-corrected chi connectivity index (χ2v) is 12.4. The third-order valence-electron chi connectivity index (χ3n) is 7.63. The highest BCUT2D eigenvalue weighted by Gasteiger charge is 2.35. The number of carbonyl (C=O) groups is 3. The van der Waals surface area contributed by atoms with E-state index >= 15 is 0 Å². The first kappa shape index (κ1) is 33.5. The van der Waals surface area contributed by atoms with E-state index in [1.54, 1.807) is 45.0 Å². The van der Waals surface area contributed by atoms with Crippen LogP contribution in [0.15, 0.2) is 78.9 Å². The molecule has 0 saturated heterocycles. The number of carboxylic acid groups (broad SMARTS) is 1. The van der Waals surface area contributed by atoms with E-state index < -0.39 is 54.5 Å². The van der Waals surface area contributed by atoms with E-state index in [1.165, 1.54) is 0 Å². The number of ether oxygens (including phenoxy) is 2. The number of hydrogen-bond acceptors (Lipinski definition) is 7. The van der Waals surface area contributed by atoms with Crippen LogP contribution in [0.5, 0.6) is 5.75 Å². The fraction of sp³-hybridized carbons (Fsp3) is 0.400. The van der Waals surface area contributed by atoms with E-state index in [4.69, 9.17) is 14.6 Å². The highest BCUT2D eigenvalue weighted by Crippen LogP contribution is 2.32. The number of alkyl carbamates (subject to hydrolysis) is 1. The molecule has 3 aromatic carbocycles. The second kappa shape index (κ2) is 15.0. The molecule has 45 heavy (non-hydrogen) atoms. The molecule has 0 heterocycles. The summed E-state index contributed by atoms with van der Waals surface area (Å²) in [6.45, 7) is 4.78. The summed E-state index contributed by atoms with van der Waals surface area (Å²) in [5.41, 5.74) is 2.73. The molecule has 3 aromatic rings. The van der Waals surface area contributed by atoms with Crippen LogP contribution in [0.25, 0.3) is 0 Å². The molecule has 10 heteroatoms. The Balaban J connectivity index is 1.56. The van der Waals surface area contributed by atoms with Crippen molar-refractivity contribution in [1.29, 1.82) is 0 Å². The minimum atomic E-state index is -1.13. The molecular formula is C35H42N2O8. The van der Waals surface area contributed by atoms with Crippen molar-refractivity contribution in [2.75, 3.05) is 6.61 Å². The number of amides is 2. The molecule has 2 amide bonds. The summed E-state index contributed by atoms with van der Waals surface area (Å²) in [5.74, 6) is -1.82. The average Bonchev–Trinajstić information content (AvgIpc) is 3.30. The molecule has 1 aliphatic carbocycles. The lowest BCUT2D eigenvalue weighted by Crippen LogP contribution is -2.48. The molecule has 5 atom stereocenters. The smallest absolute Gasteiger partial charge is 0.407 e. The summed E-state index contributed by atoms with van der Waals surface area (Å²) in [7, 11) is 0. The zero-order chi connectivity index (χ0) is 32.6. The number of nitrogens with one attached hydrogen (secondary N) is 2. The topological polar surface area (TPSA) is 154 Å². The SMILES string of the molecule is CC(C)(C)OC(=O)N[C@@H](Cc1ccccc1)[C@@H](O)CC(Cc1ccc(OCC(=O)O)cc1)C(=O)NC1c2ccccc2C[C@H]1O. The van der Waals surface area contributed by atoms with Gasteiger partial charge in [-0.15, -0.1) is 0 Å². The Hall–Kier alpha value is -4.41. The molecule has 0 aromatic heterocycles. The van der Waals surface area contributed by atoms with Crippen LogP contribution in [0.4, 0.5) is 4.79 Å². The first-order chi connectivity index (χ1) is 21.4. The van der Waals surface area contributed by atoms with Gasteiger partial charge >= 0.3 is 12.1 Å². The number of aliphatic hydroxyl groups excluding tert-OH is 2. The van der Waals surface area contributed by atoms with Crippen LogP contribution in [0.3, 0.4) is 0 Å². The molecule has 1 aliphatic rings. The monoisotopic (exact) mass is 618 g/mol. The van der Waals surface area contributed by atoms with Gasteiger partial charge in [-0.2, -0.15) is 0 Å². The van der Waals surface area contributed by atoms with Gasteiger partial charge in [0.05, 0.1) is 24.3 Å². The lowest BCUT2D eigenvalue weighted by Gasteiger charge is -2.29. The van der Waals surface area contributed by atoms with Gasteiger partial charge in [0, 0.05) is 12.3 Å². The van der Waals surface area contributed by atoms with Crippen molar-refractivity contribution >= 4 is 18.0 Å². The lowest BCUT2D eigenvalue weighted by molar-refractivity contribution is -0.139. The van der Waals surface area contributed by atoms with Gasteiger partial charge in [-0.3, -0.25) is 4.79 Å². The van der Waals surface area contributed by atoms with Gasteiger partial charge in [-0.05, 0) is 74.4 Å². The van der Waals surface area contributed by atoms with E-state index in [1.807, 2.05) is 54.6 Å². The van der Waals surface area contributed by atoms with Gasteiger partial charge in [0.15, 0.2) is 6.61 Å². The van der Waals surface area contributed by atoms with Crippen LogP contribution in [-0.2, 0) is 33.6 Å². The van der Waals surface area contributed by atoms with E-state index in [0.29, 0.717) is 18.6 Å². The number of benzene rings is 3. The Labute approximate surface area is 263 Å². The predicted octanol–water partition coefficient (Wildman–Crippen LogP) is 3.97. The first-order valence-electron chi connectivity index (χ1n) is 15.1. The Morgan fingerprint density at radius 1 is 0.911 bits per heavy atom. The summed E-state index contributed by atoms with van der Waals surface area (Å²) >= 11 is 0. The van der Waals surface area contributed by atoms with Crippen LogP contribution >= 0.6 is 0 Å². The fourth-order valence-corrected chi connectivity index (χ4v) is 5.52. The Morgan fingerprint density at radius 3 is 2.22 bits per heavy atom. The van der Waals surface area contributed by atoms with Crippen LogP contribution in [0.1, 0.15) is 55.5 Å². The summed E-state index contributed by atoms with van der Waals surface area (Å²) in [4.78, 5) is 37.5. The van der Waals surface area contributed by atoms with Gasteiger partial charge in [0.1, 0.15) is 11.4 Å². The average molecular weight is 619 g/mol. The summed E-state index contributed by atoms with van der Waals surface area (Å²) in [5, 5.41) is 37.1. The van der Waals surface area contributed by atoms with Gasteiger partial charge < -0.3 is 35.4 Å². The van der Waals surface area contributed by atoms with Gasteiger partial charge in [-0.1, -0.05) is 66.7 Å². The molecule has 0 bridgehead atoms. The maximum absolute atomic E-state index is 13.9. The number of fused-ring (bicyclic) bond motifs is 1. The number of carboxylic acids is 1. The molecule has 240 valence electrons. The Morgan fingerprint density at radius 2 is 1.56 bits per heavy atom. The van der Waals surface area contributed by atoms with Crippen molar-refractivity contribution in [3.63, 3.8) is 0 Å². The van der Waals surface area contributed by atoms with Crippen molar-refractivity contribution in [3.8, 4) is 5.75 Å². The van der Waals surface area contributed by atoms with Crippen molar-refractivity contribution < 1.29 is 39.2 Å². The molecule has 2 unspecified atom stereocenters. The van der Waals surface area contributed by atoms with E-state index in [9.17, 15) is 24.6 Å². The zero-order valence-electron chi connectivity index (χ0n) is 25.8. The van der Waals surface area contributed by atoms with Crippen LogP contribution in [0.2, 0.25) is 0 Å². The van der Waals surface area contributed by atoms with Crippen molar-refractivity contribution in [2.24, 2.45) is 5.92 Å². The first-order valence-corrected chi connectivity index (χ1v) is 15.1. The largest absolute Gasteiger partial charge is 0.482 e. The normalized spacial score (nSPS) is 17.8. The van der Waals surface area contributed by atoms with E-state index in [2.05, 4.69) is 10.6 Å². The Kier molecular flexibility index (Phi) is 11.2. The minimum Gasteiger partial charge on any atom is -0.482 e. The fourth-order valence-electron chi connectivity index (χ4n) is 5.52. The minimum absolute atomic E-state index is 0.000852. The number of rotatable bonds is 13. The summed E-state index contributed by atoms with van der Waals surface area (Å²) in [6.07, 6.45) is -1.64. The molecule has 0 radical (unpaired) electrons. The van der Waals surface area contributed by atoms with Crippen molar-refractivity contribution in [2.45, 2.75) is 76.3 Å². The molecule has 0 spiro atoms. The van der Waals surface area contributed by atoms with Gasteiger partial charge in [-0.25, -0.2) is 9.59 Å². The molecule has 5 N–H and O–H groups in total.